The van der Waals surface area contributed by atoms with Crippen molar-refractivity contribution in [3.05, 3.63) is 29.3 Å². The van der Waals surface area contributed by atoms with Gasteiger partial charge in [-0.15, -0.1) is 0 Å². The van der Waals surface area contributed by atoms with Gasteiger partial charge < -0.3 is 11.1 Å². The van der Waals surface area contributed by atoms with E-state index < -0.39 is 23.5 Å². The van der Waals surface area contributed by atoms with Crippen molar-refractivity contribution in [3.8, 4) is 0 Å². The van der Waals surface area contributed by atoms with Crippen molar-refractivity contribution >= 4 is 23.2 Å². The first-order valence-corrected chi connectivity index (χ1v) is 7.02. The normalized spacial score (nSPS) is 26.4. The molecule has 0 aliphatic heterocycles. The molecule has 21 heavy (non-hydrogen) atoms. The highest BCUT2D eigenvalue weighted by atomic mass is 35.5. The number of halogens is 4. The molecule has 1 fully saturated rings. The number of alkyl halides is 3. The molecule has 0 aromatic heterocycles. The largest absolute Gasteiger partial charge is 0.391 e. The first kappa shape index (κ1) is 15.9. The summed E-state index contributed by atoms with van der Waals surface area (Å²) in [6.07, 6.45) is -4.39. The van der Waals surface area contributed by atoms with Crippen LogP contribution < -0.4 is 11.1 Å². The third kappa shape index (κ3) is 3.43. The van der Waals surface area contributed by atoms with Crippen LogP contribution in [0.15, 0.2) is 24.3 Å². The zero-order valence-electron chi connectivity index (χ0n) is 11.2. The van der Waals surface area contributed by atoms with E-state index in [1.54, 1.807) is 24.3 Å². The predicted molar refractivity (Wildman–Crippen MR) is 75.0 cm³/mol. The Balaban J connectivity index is 2.17. The molecule has 0 radical (unpaired) electrons. The van der Waals surface area contributed by atoms with Gasteiger partial charge in [-0.1, -0.05) is 23.7 Å². The van der Waals surface area contributed by atoms with Crippen LogP contribution in [0.25, 0.3) is 0 Å². The highest BCUT2D eigenvalue weighted by Crippen LogP contribution is 2.42. The summed E-state index contributed by atoms with van der Waals surface area (Å²) < 4.78 is 38.2. The third-order valence-electron chi connectivity index (χ3n) is 4.02. The minimum absolute atomic E-state index is 0.0394. The number of hydrogen-bond donors (Lipinski definition) is 2. The van der Waals surface area contributed by atoms with Crippen LogP contribution in [-0.4, -0.2) is 17.6 Å². The van der Waals surface area contributed by atoms with Crippen LogP contribution in [0.3, 0.4) is 0 Å². The van der Waals surface area contributed by atoms with E-state index in [1.807, 2.05) is 0 Å². The first-order chi connectivity index (χ1) is 9.74. The minimum atomic E-state index is -4.23. The lowest BCUT2D eigenvalue weighted by Gasteiger charge is -2.39. The maximum Gasteiger partial charge on any atom is 0.391 e. The molecule has 3 N–H and O–H groups in total. The zero-order chi connectivity index (χ0) is 15.7. The lowest BCUT2D eigenvalue weighted by molar-refractivity contribution is -0.184. The summed E-state index contributed by atoms with van der Waals surface area (Å²) in [6.45, 7) is 0. The van der Waals surface area contributed by atoms with E-state index in [9.17, 15) is 18.0 Å². The van der Waals surface area contributed by atoms with Crippen LogP contribution in [0.1, 0.15) is 25.7 Å². The molecular weight excluding hydrogens is 305 g/mol. The number of hydrogen-bond acceptors (Lipinski definition) is 2. The molecule has 1 amide bonds. The fraction of sp³-hybridized carbons (Fsp3) is 0.500. The summed E-state index contributed by atoms with van der Waals surface area (Å²) in [6, 6.07) is 6.76. The molecule has 0 unspecified atom stereocenters. The molecule has 1 aromatic rings. The Morgan fingerprint density at radius 2 is 1.86 bits per heavy atom. The van der Waals surface area contributed by atoms with Crippen LogP contribution >= 0.6 is 11.6 Å². The van der Waals surface area contributed by atoms with Crippen LogP contribution in [0.4, 0.5) is 18.9 Å². The second-order valence-electron chi connectivity index (χ2n) is 5.37. The number of rotatable bonds is 3. The van der Waals surface area contributed by atoms with E-state index in [-0.39, 0.29) is 25.7 Å². The molecule has 1 aliphatic rings. The van der Waals surface area contributed by atoms with Crippen molar-refractivity contribution in [2.75, 3.05) is 5.32 Å². The number of carbonyl (C=O) groups is 1. The number of amides is 1. The second kappa shape index (κ2) is 5.75. The van der Waals surface area contributed by atoms with Gasteiger partial charge in [-0.2, -0.15) is 13.2 Å². The maximum atomic E-state index is 12.7. The molecule has 3 nitrogen and oxygen atoms in total. The van der Waals surface area contributed by atoms with E-state index in [4.69, 9.17) is 17.3 Å². The summed E-state index contributed by atoms with van der Waals surface area (Å²) in [5.74, 6) is -2.03. The molecule has 1 aliphatic carbocycles. The lowest BCUT2D eigenvalue weighted by atomic mass is 9.75. The van der Waals surface area contributed by atoms with Gasteiger partial charge in [0, 0.05) is 0 Å². The number of para-hydroxylation sites is 1. The van der Waals surface area contributed by atoms with Gasteiger partial charge >= 0.3 is 6.18 Å². The molecule has 116 valence electrons. The maximum absolute atomic E-state index is 12.7. The third-order valence-corrected chi connectivity index (χ3v) is 4.35. The molecule has 0 heterocycles. The van der Waals surface area contributed by atoms with Gasteiger partial charge in [0.25, 0.3) is 0 Å². The monoisotopic (exact) mass is 320 g/mol. The van der Waals surface area contributed by atoms with E-state index >= 15 is 0 Å². The van der Waals surface area contributed by atoms with E-state index in [0.29, 0.717) is 10.7 Å². The van der Waals surface area contributed by atoms with Crippen LogP contribution in [0.2, 0.25) is 5.02 Å². The first-order valence-electron chi connectivity index (χ1n) is 6.64. The van der Waals surface area contributed by atoms with Crippen LogP contribution in [0, 0.1) is 5.92 Å². The average Bonchev–Trinajstić information content (AvgIpc) is 2.41. The van der Waals surface area contributed by atoms with Crippen LogP contribution in [-0.2, 0) is 4.79 Å². The summed E-state index contributed by atoms with van der Waals surface area (Å²) in [5, 5.41) is 3.36. The number of anilines is 1. The standard InChI is InChI=1S/C14H16ClF3N2O/c15-10-3-1-2-4-11(10)20-13(12(19)21)7-5-9(6-8-13)14(16,17)18/h1-4,9,20H,5-8H2,(H2,19,21). The Labute approximate surface area is 125 Å². The van der Waals surface area contributed by atoms with Crippen molar-refractivity contribution in [3.63, 3.8) is 0 Å². The van der Waals surface area contributed by atoms with Gasteiger partial charge in [0.15, 0.2) is 0 Å². The second-order valence-corrected chi connectivity index (χ2v) is 5.77. The van der Waals surface area contributed by atoms with Gasteiger partial charge in [0.2, 0.25) is 5.91 Å². The minimum Gasteiger partial charge on any atom is -0.370 e. The quantitative estimate of drug-likeness (QED) is 0.891. The molecule has 0 atom stereocenters. The van der Waals surface area contributed by atoms with Crippen molar-refractivity contribution in [1.29, 1.82) is 0 Å². The van der Waals surface area contributed by atoms with E-state index in [2.05, 4.69) is 5.32 Å². The Morgan fingerprint density at radius 1 is 1.29 bits per heavy atom. The smallest absolute Gasteiger partial charge is 0.370 e. The topological polar surface area (TPSA) is 55.1 Å². The fourth-order valence-electron chi connectivity index (χ4n) is 2.69. The number of benzene rings is 1. The number of nitrogens with one attached hydrogen (secondary N) is 1. The lowest BCUT2D eigenvalue weighted by Crippen LogP contribution is -2.53. The van der Waals surface area contributed by atoms with Gasteiger partial charge in [-0.05, 0) is 37.8 Å². The Bertz CT molecular complexity index is 525. The highest BCUT2D eigenvalue weighted by molar-refractivity contribution is 6.33. The molecule has 1 aromatic carbocycles. The van der Waals surface area contributed by atoms with Gasteiger partial charge in [-0.3, -0.25) is 4.79 Å². The SMILES string of the molecule is NC(=O)C1(Nc2ccccc2Cl)CCC(C(F)(F)F)CC1. The average molecular weight is 321 g/mol. The van der Waals surface area contributed by atoms with Crippen molar-refractivity contribution in [2.24, 2.45) is 11.7 Å². The summed E-state index contributed by atoms with van der Waals surface area (Å²) >= 11 is 6.02. The molecule has 0 bridgehead atoms. The summed E-state index contributed by atoms with van der Waals surface area (Å²) in [5.41, 5.74) is 4.76. The Kier molecular flexibility index (Phi) is 4.37. The Hall–Kier alpha value is -1.43. The summed E-state index contributed by atoms with van der Waals surface area (Å²) in [4.78, 5) is 11.8. The van der Waals surface area contributed by atoms with Crippen molar-refractivity contribution in [1.82, 2.24) is 0 Å². The number of carbonyl (C=O) groups excluding carboxylic acids is 1. The zero-order valence-corrected chi connectivity index (χ0v) is 12.0. The molecule has 2 rings (SSSR count). The fourth-order valence-corrected chi connectivity index (χ4v) is 2.87. The summed E-state index contributed by atoms with van der Waals surface area (Å²) in [7, 11) is 0. The van der Waals surface area contributed by atoms with Gasteiger partial charge in [0.05, 0.1) is 16.6 Å². The van der Waals surface area contributed by atoms with E-state index in [0.717, 1.165) is 0 Å². The van der Waals surface area contributed by atoms with Crippen LogP contribution in [0.5, 0.6) is 0 Å². The number of nitrogens with two attached hydrogens (primary N) is 1. The van der Waals surface area contributed by atoms with Gasteiger partial charge in [-0.25, -0.2) is 0 Å². The van der Waals surface area contributed by atoms with Crippen molar-refractivity contribution in [2.45, 2.75) is 37.4 Å². The molecular formula is C14H16ClF3N2O. The molecule has 0 saturated heterocycles. The predicted octanol–water partition coefficient (Wildman–Crippen LogP) is 3.73. The highest BCUT2D eigenvalue weighted by Gasteiger charge is 2.48. The molecule has 0 spiro atoms. The molecule has 1 saturated carbocycles. The molecule has 7 heteroatoms. The Morgan fingerprint density at radius 3 is 2.33 bits per heavy atom. The van der Waals surface area contributed by atoms with Gasteiger partial charge in [0.1, 0.15) is 5.54 Å². The van der Waals surface area contributed by atoms with E-state index in [1.165, 1.54) is 0 Å². The number of primary amides is 1. The van der Waals surface area contributed by atoms with Crippen molar-refractivity contribution < 1.29 is 18.0 Å².